The number of nitrogens with zero attached hydrogens (tertiary/aromatic N) is 1. The van der Waals surface area contributed by atoms with Crippen LogP contribution in [0.5, 0.6) is 0 Å². The van der Waals surface area contributed by atoms with Crippen LogP contribution in [0.3, 0.4) is 0 Å². The van der Waals surface area contributed by atoms with Crippen LogP contribution in [0, 0.1) is 6.92 Å². The lowest BCUT2D eigenvalue weighted by Crippen LogP contribution is -2.30. The second-order valence-electron chi connectivity index (χ2n) is 5.37. The molecule has 0 unspecified atom stereocenters. The molecule has 3 rings (SSSR count). The van der Waals surface area contributed by atoms with Gasteiger partial charge in [-0.05, 0) is 31.2 Å². The Morgan fingerprint density at radius 3 is 2.60 bits per heavy atom. The monoisotopic (exact) mass is 376 g/mol. The van der Waals surface area contributed by atoms with Crippen molar-refractivity contribution in [2.45, 2.75) is 18.4 Å². The van der Waals surface area contributed by atoms with E-state index in [4.69, 9.17) is 4.74 Å². The summed E-state index contributed by atoms with van der Waals surface area (Å²) < 4.78 is 32.6. The molecule has 1 N–H and O–H groups in total. The molecule has 2 aromatic carbocycles. The number of sulfonamides is 1. The second-order valence-corrected chi connectivity index (χ2v) is 8.26. The van der Waals surface area contributed by atoms with Crippen molar-refractivity contribution in [2.75, 3.05) is 6.54 Å². The summed E-state index contributed by atoms with van der Waals surface area (Å²) in [5.41, 5.74) is 1.80. The number of ether oxygens (including phenoxy) is 1. The molecule has 130 valence electrons. The summed E-state index contributed by atoms with van der Waals surface area (Å²) in [5, 5.41) is 0.663. The van der Waals surface area contributed by atoms with E-state index in [1.54, 1.807) is 12.1 Å². The van der Waals surface area contributed by atoms with E-state index in [2.05, 4.69) is 9.71 Å². The highest BCUT2D eigenvalue weighted by molar-refractivity contribution is 7.89. The van der Waals surface area contributed by atoms with Gasteiger partial charge in [0.2, 0.25) is 10.0 Å². The predicted molar refractivity (Wildman–Crippen MR) is 95.8 cm³/mol. The zero-order valence-electron chi connectivity index (χ0n) is 13.4. The second kappa shape index (κ2) is 7.30. The Morgan fingerprint density at radius 2 is 1.88 bits per heavy atom. The maximum Gasteiger partial charge on any atom is 0.321 e. The first-order valence-electron chi connectivity index (χ1n) is 7.50. The number of rotatable bonds is 6. The number of benzene rings is 2. The smallest absolute Gasteiger partial charge is 0.321 e. The molecule has 3 aromatic rings. The molecule has 0 atom stereocenters. The summed E-state index contributed by atoms with van der Waals surface area (Å²) in [6.45, 7) is 1.45. The quantitative estimate of drug-likeness (QED) is 0.669. The molecule has 0 aliphatic heterocycles. The van der Waals surface area contributed by atoms with Gasteiger partial charge in [-0.2, -0.15) is 4.72 Å². The topological polar surface area (TPSA) is 85.4 Å². The van der Waals surface area contributed by atoms with E-state index < -0.39 is 22.5 Å². The summed E-state index contributed by atoms with van der Waals surface area (Å²) in [6, 6.07) is 14.0. The Hall–Kier alpha value is -2.29. The van der Waals surface area contributed by atoms with Crippen molar-refractivity contribution in [2.24, 2.45) is 0 Å². The maximum absolute atomic E-state index is 12.1. The number of hydrogen-bond donors (Lipinski definition) is 1. The first-order chi connectivity index (χ1) is 11.9. The van der Waals surface area contributed by atoms with Gasteiger partial charge in [0.25, 0.3) is 0 Å². The van der Waals surface area contributed by atoms with E-state index in [1.807, 2.05) is 31.2 Å². The van der Waals surface area contributed by atoms with E-state index in [9.17, 15) is 13.2 Å². The minimum Gasteiger partial charge on any atom is -0.457 e. The van der Waals surface area contributed by atoms with Crippen LogP contribution in [-0.2, 0) is 26.2 Å². The molecule has 8 heteroatoms. The predicted octanol–water partition coefficient (Wildman–Crippen LogP) is 2.63. The van der Waals surface area contributed by atoms with Crippen molar-refractivity contribution in [3.05, 3.63) is 59.1 Å². The van der Waals surface area contributed by atoms with Crippen molar-refractivity contribution < 1.29 is 17.9 Å². The summed E-state index contributed by atoms with van der Waals surface area (Å²) in [7, 11) is -3.74. The number of esters is 1. The van der Waals surface area contributed by atoms with Crippen LogP contribution in [0.25, 0.3) is 10.2 Å². The SMILES string of the molecule is Cc1ccc(S(=O)(=O)NCC(=O)OCc2nc3ccccc3s2)cc1. The van der Waals surface area contributed by atoms with E-state index in [1.165, 1.54) is 23.5 Å². The van der Waals surface area contributed by atoms with E-state index in [-0.39, 0.29) is 11.5 Å². The molecule has 25 heavy (non-hydrogen) atoms. The van der Waals surface area contributed by atoms with Gasteiger partial charge in [-0.25, -0.2) is 13.4 Å². The van der Waals surface area contributed by atoms with Gasteiger partial charge in [0.15, 0.2) is 0 Å². The molecule has 0 aliphatic rings. The van der Waals surface area contributed by atoms with Crippen molar-refractivity contribution >= 4 is 37.5 Å². The van der Waals surface area contributed by atoms with Crippen molar-refractivity contribution in [3.63, 3.8) is 0 Å². The number of thiazole rings is 1. The number of fused-ring (bicyclic) bond motifs is 1. The first kappa shape index (κ1) is 17.5. The fraction of sp³-hybridized carbons (Fsp3) is 0.176. The third-order valence-electron chi connectivity index (χ3n) is 3.43. The first-order valence-corrected chi connectivity index (χ1v) is 9.80. The van der Waals surface area contributed by atoms with Gasteiger partial charge in [-0.1, -0.05) is 29.8 Å². The van der Waals surface area contributed by atoms with Crippen LogP contribution in [0.15, 0.2) is 53.4 Å². The van der Waals surface area contributed by atoms with Crippen molar-refractivity contribution in [1.29, 1.82) is 0 Å². The standard InChI is InChI=1S/C17H16N2O4S2/c1-12-6-8-13(9-7-12)25(21,22)18-10-17(20)23-11-16-19-14-4-2-3-5-15(14)24-16/h2-9,18H,10-11H2,1H3. The van der Waals surface area contributed by atoms with Crippen LogP contribution < -0.4 is 4.72 Å². The number of carbonyl (C=O) groups is 1. The van der Waals surface area contributed by atoms with Crippen molar-refractivity contribution in [3.8, 4) is 0 Å². The van der Waals surface area contributed by atoms with E-state index in [0.29, 0.717) is 5.01 Å². The van der Waals surface area contributed by atoms with Gasteiger partial charge in [0.1, 0.15) is 18.2 Å². The minimum absolute atomic E-state index is 0.0183. The van der Waals surface area contributed by atoms with E-state index >= 15 is 0 Å². The van der Waals surface area contributed by atoms with Crippen molar-refractivity contribution in [1.82, 2.24) is 9.71 Å². The number of aromatic nitrogens is 1. The molecular formula is C17H16N2O4S2. The number of hydrogen-bond acceptors (Lipinski definition) is 6. The highest BCUT2D eigenvalue weighted by atomic mass is 32.2. The molecule has 0 amide bonds. The Bertz CT molecular complexity index is 962. The molecule has 1 heterocycles. The third-order valence-corrected chi connectivity index (χ3v) is 5.86. The molecule has 0 radical (unpaired) electrons. The Morgan fingerprint density at radius 1 is 1.16 bits per heavy atom. The van der Waals surface area contributed by atoms with Crippen LogP contribution in [0.1, 0.15) is 10.6 Å². The highest BCUT2D eigenvalue weighted by Crippen LogP contribution is 2.21. The molecule has 0 saturated carbocycles. The lowest BCUT2D eigenvalue weighted by molar-refractivity contribution is -0.143. The molecule has 0 spiro atoms. The maximum atomic E-state index is 12.1. The number of para-hydroxylation sites is 1. The molecule has 6 nitrogen and oxygen atoms in total. The lowest BCUT2D eigenvalue weighted by atomic mass is 10.2. The highest BCUT2D eigenvalue weighted by Gasteiger charge is 2.16. The van der Waals surface area contributed by atoms with Crippen LogP contribution in [-0.4, -0.2) is 25.9 Å². The molecular weight excluding hydrogens is 360 g/mol. The fourth-order valence-electron chi connectivity index (χ4n) is 2.13. The van der Waals surface area contributed by atoms with Crippen LogP contribution in [0.4, 0.5) is 0 Å². The lowest BCUT2D eigenvalue weighted by Gasteiger charge is -2.07. The molecule has 0 fully saturated rings. The summed E-state index contributed by atoms with van der Waals surface area (Å²) >= 11 is 1.43. The number of aryl methyl sites for hydroxylation is 1. The molecule has 1 aromatic heterocycles. The number of nitrogens with one attached hydrogen (secondary N) is 1. The molecule has 0 bridgehead atoms. The minimum atomic E-state index is -3.74. The van der Waals surface area contributed by atoms with Gasteiger partial charge in [0.05, 0.1) is 15.1 Å². The zero-order chi connectivity index (χ0) is 17.9. The van der Waals surface area contributed by atoms with Gasteiger partial charge >= 0.3 is 5.97 Å². The molecule has 0 aliphatic carbocycles. The largest absolute Gasteiger partial charge is 0.457 e. The summed E-state index contributed by atoms with van der Waals surface area (Å²) in [4.78, 5) is 16.3. The van der Waals surface area contributed by atoms with Gasteiger partial charge in [0, 0.05) is 0 Å². The Kier molecular flexibility index (Phi) is 5.12. The fourth-order valence-corrected chi connectivity index (χ4v) is 3.98. The molecule has 0 saturated heterocycles. The average molecular weight is 376 g/mol. The van der Waals surface area contributed by atoms with Gasteiger partial charge < -0.3 is 4.74 Å². The zero-order valence-corrected chi connectivity index (χ0v) is 15.1. The van der Waals surface area contributed by atoms with Gasteiger partial charge in [-0.15, -0.1) is 11.3 Å². The van der Waals surface area contributed by atoms with Gasteiger partial charge in [-0.3, -0.25) is 4.79 Å². The van der Waals surface area contributed by atoms with Crippen LogP contribution in [0.2, 0.25) is 0 Å². The summed E-state index contributed by atoms with van der Waals surface area (Å²) in [6.07, 6.45) is 0. The summed E-state index contributed by atoms with van der Waals surface area (Å²) in [5.74, 6) is -0.657. The third kappa shape index (κ3) is 4.41. The Balaban J connectivity index is 1.54. The van der Waals surface area contributed by atoms with Crippen LogP contribution >= 0.6 is 11.3 Å². The number of carbonyl (C=O) groups excluding carboxylic acids is 1. The normalized spacial score (nSPS) is 11.6. The average Bonchev–Trinajstić information content (AvgIpc) is 3.01. The van der Waals surface area contributed by atoms with E-state index in [0.717, 1.165) is 15.8 Å². The Labute approximate surface area is 149 Å².